The van der Waals surface area contributed by atoms with E-state index in [9.17, 15) is 14.4 Å². The molecule has 0 bridgehead atoms. The fourth-order valence-corrected chi connectivity index (χ4v) is 5.81. The Morgan fingerprint density at radius 1 is 0.426 bits per heavy atom. The summed E-state index contributed by atoms with van der Waals surface area (Å²) < 4.78 is 16.9. The number of likely N-dealkylation sites (N-methyl/N-ethyl adjacent to an activating group) is 1. The molecule has 47 heavy (non-hydrogen) atoms. The number of ether oxygens (including phenoxy) is 3. The van der Waals surface area contributed by atoms with Crippen LogP contribution in [0.2, 0.25) is 0 Å². The van der Waals surface area contributed by atoms with Gasteiger partial charge in [0.05, 0.1) is 21.1 Å². The van der Waals surface area contributed by atoms with Crippen LogP contribution in [0.25, 0.3) is 0 Å². The van der Waals surface area contributed by atoms with Crippen LogP contribution in [0.3, 0.4) is 0 Å². The SMILES string of the molecule is CCCCCCCCCCCCCCCC(=O)OC[C@H](COC(=O)C[N+](C)(C)C)OC(=O)CCCCCCCCCCCCCCC. The number of esters is 3. The molecule has 0 heterocycles. The summed E-state index contributed by atoms with van der Waals surface area (Å²) in [6, 6.07) is 0. The van der Waals surface area contributed by atoms with Crippen molar-refractivity contribution in [2.45, 2.75) is 200 Å². The van der Waals surface area contributed by atoms with Gasteiger partial charge in [0.15, 0.2) is 12.6 Å². The molecule has 0 aliphatic heterocycles. The molecule has 0 spiro atoms. The average molecular weight is 669 g/mol. The highest BCUT2D eigenvalue weighted by Gasteiger charge is 2.22. The smallest absolute Gasteiger partial charge is 0.361 e. The Morgan fingerprint density at radius 2 is 0.723 bits per heavy atom. The Labute approximate surface area is 291 Å². The first-order valence-corrected chi connectivity index (χ1v) is 20.0. The van der Waals surface area contributed by atoms with Gasteiger partial charge in [0, 0.05) is 12.8 Å². The second-order valence-corrected chi connectivity index (χ2v) is 14.9. The lowest BCUT2D eigenvalue weighted by molar-refractivity contribution is -0.862. The molecular weight excluding hydrogens is 590 g/mol. The van der Waals surface area contributed by atoms with Crippen molar-refractivity contribution in [3.8, 4) is 0 Å². The minimum absolute atomic E-state index is 0.0841. The number of carbonyl (C=O) groups is 3. The highest BCUT2D eigenvalue weighted by molar-refractivity contribution is 5.71. The maximum Gasteiger partial charge on any atom is 0.361 e. The van der Waals surface area contributed by atoms with Crippen LogP contribution in [-0.2, 0) is 28.6 Å². The fraction of sp³-hybridized carbons (Fsp3) is 0.925. The minimum Gasteiger partial charge on any atom is -0.462 e. The average Bonchev–Trinajstić information content (AvgIpc) is 3.02. The molecule has 0 aromatic heterocycles. The van der Waals surface area contributed by atoms with Crippen molar-refractivity contribution in [2.24, 2.45) is 0 Å². The van der Waals surface area contributed by atoms with E-state index in [2.05, 4.69) is 13.8 Å². The molecule has 0 amide bonds. The standard InChI is InChI=1S/C40H78NO6/c1-6-8-10-12-14-16-18-20-22-24-26-28-30-32-38(42)45-35-37(36-46-40(44)34-41(3,4)5)47-39(43)33-31-29-27-25-23-21-19-17-15-13-11-9-7-2/h37H,6-36H2,1-5H3/q+1/t37-/m1/s1. The first-order valence-electron chi connectivity index (χ1n) is 20.0. The summed E-state index contributed by atoms with van der Waals surface area (Å²) in [5.41, 5.74) is 0. The van der Waals surface area contributed by atoms with Crippen LogP contribution in [0.1, 0.15) is 194 Å². The number of unbranched alkanes of at least 4 members (excludes halogenated alkanes) is 24. The first-order chi connectivity index (χ1) is 22.7. The van der Waals surface area contributed by atoms with E-state index in [1.165, 1.54) is 128 Å². The number of rotatable bonds is 35. The third kappa shape index (κ3) is 35.5. The highest BCUT2D eigenvalue weighted by atomic mass is 16.6. The highest BCUT2D eigenvalue weighted by Crippen LogP contribution is 2.15. The zero-order valence-electron chi connectivity index (χ0n) is 31.9. The number of carbonyl (C=O) groups excluding carboxylic acids is 3. The topological polar surface area (TPSA) is 78.9 Å². The first kappa shape index (κ1) is 45.4. The van der Waals surface area contributed by atoms with Gasteiger partial charge in [-0.15, -0.1) is 0 Å². The lowest BCUT2D eigenvalue weighted by Gasteiger charge is -2.23. The van der Waals surface area contributed by atoms with Gasteiger partial charge in [-0.1, -0.05) is 168 Å². The van der Waals surface area contributed by atoms with Crippen LogP contribution in [0.4, 0.5) is 0 Å². The lowest BCUT2D eigenvalue weighted by Crippen LogP contribution is -2.41. The van der Waals surface area contributed by atoms with Crippen LogP contribution in [-0.4, -0.2) is 69.4 Å². The molecule has 7 heteroatoms. The normalized spacial score (nSPS) is 12.2. The van der Waals surface area contributed by atoms with Crippen LogP contribution >= 0.6 is 0 Å². The Kier molecular flexibility index (Phi) is 31.8. The molecule has 0 aliphatic rings. The van der Waals surface area contributed by atoms with E-state index in [1.54, 1.807) is 0 Å². The minimum atomic E-state index is -0.781. The summed E-state index contributed by atoms with van der Waals surface area (Å²) in [4.78, 5) is 37.2. The monoisotopic (exact) mass is 669 g/mol. The number of nitrogens with zero attached hydrogens (tertiary/aromatic N) is 1. The molecule has 0 rings (SSSR count). The number of quaternary nitrogens is 1. The van der Waals surface area contributed by atoms with E-state index >= 15 is 0 Å². The zero-order chi connectivity index (χ0) is 34.9. The number of hydrogen-bond donors (Lipinski definition) is 0. The molecule has 0 aromatic rings. The molecule has 0 unspecified atom stereocenters. The molecule has 0 radical (unpaired) electrons. The van der Waals surface area contributed by atoms with Crippen molar-refractivity contribution >= 4 is 17.9 Å². The molecule has 0 aliphatic carbocycles. The van der Waals surface area contributed by atoms with Gasteiger partial charge in [0.1, 0.15) is 13.2 Å². The zero-order valence-corrected chi connectivity index (χ0v) is 31.9. The second-order valence-electron chi connectivity index (χ2n) is 14.9. The van der Waals surface area contributed by atoms with E-state index < -0.39 is 6.10 Å². The maximum absolute atomic E-state index is 12.6. The van der Waals surface area contributed by atoms with Gasteiger partial charge in [-0.2, -0.15) is 0 Å². The molecule has 278 valence electrons. The molecule has 0 aromatic carbocycles. The third-order valence-electron chi connectivity index (χ3n) is 8.73. The van der Waals surface area contributed by atoms with Crippen LogP contribution in [0, 0.1) is 0 Å². The van der Waals surface area contributed by atoms with Gasteiger partial charge >= 0.3 is 17.9 Å². The van der Waals surface area contributed by atoms with Gasteiger partial charge < -0.3 is 18.7 Å². The molecule has 0 saturated carbocycles. The van der Waals surface area contributed by atoms with Crippen LogP contribution in [0.5, 0.6) is 0 Å². The summed E-state index contributed by atoms with van der Waals surface area (Å²) in [5.74, 6) is -0.982. The molecule has 0 saturated heterocycles. The van der Waals surface area contributed by atoms with Crippen molar-refractivity contribution in [3.63, 3.8) is 0 Å². The quantitative estimate of drug-likeness (QED) is 0.0289. The Balaban J connectivity index is 4.16. The summed E-state index contributed by atoms with van der Waals surface area (Å²) >= 11 is 0. The lowest BCUT2D eigenvalue weighted by atomic mass is 10.0. The van der Waals surface area contributed by atoms with Gasteiger partial charge in [-0.3, -0.25) is 9.59 Å². The number of hydrogen-bond acceptors (Lipinski definition) is 6. The molecular formula is C40H78NO6+. The molecule has 0 N–H and O–H groups in total. The molecule has 1 atom stereocenters. The van der Waals surface area contributed by atoms with E-state index in [0.717, 1.165) is 38.5 Å². The summed E-state index contributed by atoms with van der Waals surface area (Å²) in [5, 5.41) is 0. The van der Waals surface area contributed by atoms with E-state index in [4.69, 9.17) is 14.2 Å². The second kappa shape index (κ2) is 32.9. The van der Waals surface area contributed by atoms with Crippen molar-refractivity contribution in [3.05, 3.63) is 0 Å². The largest absolute Gasteiger partial charge is 0.462 e. The summed E-state index contributed by atoms with van der Waals surface area (Å²) in [6.07, 6.45) is 32.4. The Hall–Kier alpha value is -1.63. The van der Waals surface area contributed by atoms with Crippen molar-refractivity contribution in [1.29, 1.82) is 0 Å². The third-order valence-corrected chi connectivity index (χ3v) is 8.73. The van der Waals surface area contributed by atoms with E-state index in [0.29, 0.717) is 17.3 Å². The van der Waals surface area contributed by atoms with E-state index in [1.807, 2.05) is 21.1 Å². The van der Waals surface area contributed by atoms with Crippen molar-refractivity contribution in [1.82, 2.24) is 0 Å². The van der Waals surface area contributed by atoms with Crippen LogP contribution < -0.4 is 0 Å². The van der Waals surface area contributed by atoms with E-state index in [-0.39, 0.29) is 37.7 Å². The predicted molar refractivity (Wildman–Crippen MR) is 195 cm³/mol. The summed E-state index contributed by atoms with van der Waals surface area (Å²) in [7, 11) is 5.73. The summed E-state index contributed by atoms with van der Waals surface area (Å²) in [6.45, 7) is 4.54. The van der Waals surface area contributed by atoms with Crippen LogP contribution in [0.15, 0.2) is 0 Å². The Morgan fingerprint density at radius 3 is 1.06 bits per heavy atom. The van der Waals surface area contributed by atoms with Gasteiger partial charge in [0.2, 0.25) is 0 Å². The Bertz CT molecular complexity index is 735. The van der Waals surface area contributed by atoms with Crippen molar-refractivity contribution < 1.29 is 33.1 Å². The van der Waals surface area contributed by atoms with Gasteiger partial charge in [-0.05, 0) is 12.8 Å². The van der Waals surface area contributed by atoms with Crippen molar-refractivity contribution in [2.75, 3.05) is 40.9 Å². The predicted octanol–water partition coefficient (Wildman–Crippen LogP) is 10.7. The van der Waals surface area contributed by atoms with Gasteiger partial charge in [-0.25, -0.2) is 4.79 Å². The van der Waals surface area contributed by atoms with Gasteiger partial charge in [0.25, 0.3) is 0 Å². The fourth-order valence-electron chi connectivity index (χ4n) is 5.81. The maximum atomic E-state index is 12.6. The molecule has 0 fully saturated rings. The molecule has 7 nitrogen and oxygen atoms in total.